The first-order valence-corrected chi connectivity index (χ1v) is 42.1. The van der Waals surface area contributed by atoms with Gasteiger partial charge in [-0.15, -0.1) is 0 Å². The highest BCUT2D eigenvalue weighted by Crippen LogP contribution is 2.44. The Morgan fingerprint density at radius 3 is 1.69 bits per heavy atom. The van der Waals surface area contributed by atoms with Gasteiger partial charge in [0.15, 0.2) is 0 Å². The molecule has 32 nitrogen and oxygen atoms in total. The van der Waals surface area contributed by atoms with E-state index >= 15 is 0 Å². The van der Waals surface area contributed by atoms with E-state index in [1.165, 1.54) is 4.90 Å². The van der Waals surface area contributed by atoms with Crippen LogP contribution in [0.4, 0.5) is 37.3 Å². The number of hydrogen-bond acceptors (Lipinski definition) is 21. The molecule has 10 N–H and O–H groups in total. The van der Waals surface area contributed by atoms with E-state index in [0.717, 1.165) is 82.1 Å². The fourth-order valence-corrected chi connectivity index (χ4v) is 19.2. The number of aromatic nitrogens is 4. The second kappa shape index (κ2) is 38.8. The van der Waals surface area contributed by atoms with Crippen molar-refractivity contribution in [1.29, 1.82) is 0 Å². The molecule has 6 aromatic rings. The number of fused-ring (bicyclic) bond motifs is 4. The number of carbonyl (C=O) groups is 10. The average Bonchev–Trinajstić information content (AvgIpc) is 1.04. The first-order valence-electron chi connectivity index (χ1n) is 40.5. The fraction of sp³-hybridized carbons (Fsp3) is 0.488. The summed E-state index contributed by atoms with van der Waals surface area (Å²) in [6.07, 6.45) is 15.2. The number of aromatic hydroxyl groups is 1. The lowest BCUT2D eigenvalue weighted by Crippen LogP contribution is -2.56. The molecule has 2 aromatic carbocycles. The van der Waals surface area contributed by atoms with Crippen molar-refractivity contribution >= 4 is 121 Å². The zero-order valence-electron chi connectivity index (χ0n) is 66.5. The van der Waals surface area contributed by atoms with Gasteiger partial charge in [0.1, 0.15) is 29.3 Å². The van der Waals surface area contributed by atoms with Crippen LogP contribution < -0.4 is 42.1 Å². The number of piperazine rings is 2. The number of pyridine rings is 4. The molecule has 13 heterocycles. The number of amides is 9. The number of aryl methyl sites for hydroxylation is 1. The van der Waals surface area contributed by atoms with E-state index in [9.17, 15) is 53.1 Å². The molecule has 0 aliphatic carbocycles. The number of aliphatic imine (C=N–C) groups is 1. The van der Waals surface area contributed by atoms with Crippen LogP contribution in [0.2, 0.25) is 0 Å². The molecule has 4 atom stereocenters. The van der Waals surface area contributed by atoms with Gasteiger partial charge < -0.3 is 81.0 Å². The number of piperidine rings is 4. The predicted octanol–water partition coefficient (Wildman–Crippen LogP) is 8.53. The number of phenols is 1. The van der Waals surface area contributed by atoms with Gasteiger partial charge in [0.05, 0.1) is 45.1 Å². The van der Waals surface area contributed by atoms with E-state index in [2.05, 4.69) is 98.7 Å². The fourth-order valence-electron chi connectivity index (χ4n) is 18.0. The molecule has 0 unspecified atom stereocenters. The van der Waals surface area contributed by atoms with Gasteiger partial charge in [0.2, 0.25) is 41.4 Å². The topological polar surface area (TPSA) is 404 Å². The summed E-state index contributed by atoms with van der Waals surface area (Å²) in [6.45, 7) is 10.9. The number of phenolic OH excluding ortho intramolecular Hbond substituents is 1. The maximum atomic E-state index is 14.7. The number of benzene rings is 2. The number of likely N-dealkylation sites (tertiary alicyclic amines) is 3. The van der Waals surface area contributed by atoms with Gasteiger partial charge in [-0.1, -0.05) is 6.07 Å². The van der Waals surface area contributed by atoms with E-state index in [-0.39, 0.29) is 116 Å². The van der Waals surface area contributed by atoms with Gasteiger partial charge in [0, 0.05) is 184 Å². The summed E-state index contributed by atoms with van der Waals surface area (Å²) in [7, 11) is 0. The molecular formula is C84H103Br2N18O14+. The van der Waals surface area contributed by atoms with Gasteiger partial charge in [-0.2, -0.15) is 0 Å². The Morgan fingerprint density at radius 2 is 1.14 bits per heavy atom. The number of carbonyl (C=O) groups excluding carboxylic acids is 9. The largest absolute Gasteiger partial charge is 0.514 e. The van der Waals surface area contributed by atoms with Crippen LogP contribution >= 0.6 is 31.9 Å². The lowest BCUT2D eigenvalue weighted by atomic mass is 9.83. The predicted molar refractivity (Wildman–Crippen MR) is 446 cm³/mol. The molecule has 0 bridgehead atoms. The van der Waals surface area contributed by atoms with Crippen molar-refractivity contribution in [3.63, 3.8) is 0 Å². The van der Waals surface area contributed by atoms with Gasteiger partial charge in [0.25, 0.3) is 0 Å². The summed E-state index contributed by atoms with van der Waals surface area (Å²) in [5.74, 6) is -2.29. The molecule has 118 heavy (non-hydrogen) atoms. The zero-order valence-corrected chi connectivity index (χ0v) is 69.7. The minimum Gasteiger partial charge on any atom is -0.506 e. The smallest absolute Gasteiger partial charge is 0.506 e. The molecule has 4 aromatic heterocycles. The Hall–Kier alpha value is -10.7. The molecular weight excluding hydrogens is 1640 g/mol. The van der Waals surface area contributed by atoms with Crippen molar-refractivity contribution in [2.45, 2.75) is 134 Å². The molecule has 0 saturated carbocycles. The van der Waals surface area contributed by atoms with Gasteiger partial charge in [-0.3, -0.25) is 58.8 Å². The number of hydrogen-bond donors (Lipinski definition) is 7. The SMILES string of the molecule is Cc1cc(C[C@@H](CC(=O)N2CCC(N3C(=O)Cc4ncccc43)CC2)C(=O)N[C@@H](CC2CCN(C(=O)OC(=O)O)CC2)C(=O)N2CCN(c3ccncc3)CC2)cc2c1CN=C2.O=C1Nc2ncccc2C2(CCN(C(=O)C[C@H](Cc3cc(Br)c(O)c(Br)c3)C(=O)N[C@@H](CC3CCNCC3)C(=O)N3CCN(c4ccncc4)CC3)CC2)O1.[NH4+]. The van der Waals surface area contributed by atoms with Crippen LogP contribution in [-0.2, 0) is 74.4 Å². The van der Waals surface area contributed by atoms with Crippen LogP contribution in [0, 0.1) is 30.6 Å². The molecule has 626 valence electrons. The molecule has 6 fully saturated rings. The number of ether oxygens (including phenoxy) is 2. The third-order valence-corrected chi connectivity index (χ3v) is 25.6. The number of anilines is 4. The van der Waals surface area contributed by atoms with Crippen molar-refractivity contribution in [3.8, 4) is 5.75 Å². The Labute approximate surface area is 701 Å². The number of nitrogens with one attached hydrogen (secondary N) is 4. The van der Waals surface area contributed by atoms with Crippen LogP contribution in [0.5, 0.6) is 5.75 Å². The number of quaternary nitrogens is 1. The molecule has 1 spiro atoms. The first kappa shape index (κ1) is 85.2. The molecule has 0 radical (unpaired) electrons. The van der Waals surface area contributed by atoms with Gasteiger partial charge in [-0.05, 0) is 222 Å². The Kier molecular flexibility index (Phi) is 28.0. The molecule has 6 saturated heterocycles. The van der Waals surface area contributed by atoms with E-state index in [4.69, 9.17) is 9.84 Å². The van der Waals surface area contributed by atoms with E-state index in [0.29, 0.717) is 151 Å². The highest BCUT2D eigenvalue weighted by Gasteiger charge is 2.47. The number of carboxylic acid groups (broad SMARTS) is 1. The molecule has 15 rings (SSSR count). The number of rotatable bonds is 21. The number of halogens is 2. The van der Waals surface area contributed by atoms with Gasteiger partial charge >= 0.3 is 18.3 Å². The minimum absolute atomic E-state index is 0. The summed E-state index contributed by atoms with van der Waals surface area (Å²) in [6, 6.07) is 21.1. The zero-order chi connectivity index (χ0) is 81.9. The third kappa shape index (κ3) is 20.5. The standard InChI is InChI=1S/C45H53N9O8.C39H46Br2N8O6.H3N/c1-29-21-31(23-33-27-47-28-36(29)33)22-32(25-40(55)51-15-8-35(9-16-51)54-39-3-2-10-48-37(39)26-41(54)56)42(57)49-38(24-30-6-13-53(14-7-30)44(59)62-45(60)61)43(58)52-19-17-50(18-20-52)34-4-11-46-12-5-34;40-30-21-26(22-31(41)34(30)51)20-27(24-33(50)48-14-7-39(8-15-48)29-2-1-9-44-35(29)46-38(54)55-39)36(52)45-32(23-25-3-10-42-11-4-25)37(53)49-18-16-47(17-19-49)28-5-12-43-13-6-28;/h2-5,10-12,21,23,27,30,32,35,38H,6-9,13-20,22,24-26,28H2,1H3,(H,49,57)(H,60,61);1-2,5-6,9,12-13,21-22,25,27,32,42,51H,3-4,7-8,10-11,14-20,23-24H2,(H,45,52)(H,44,46,54);1H3/p+1/t32-,38-;27-,32-;/m00./s1. The average molecular weight is 1750 g/mol. The molecule has 34 heteroatoms. The first-order chi connectivity index (χ1) is 56.6. The van der Waals surface area contributed by atoms with E-state index < -0.39 is 47.9 Å². The van der Waals surface area contributed by atoms with Crippen LogP contribution in [0.3, 0.4) is 0 Å². The van der Waals surface area contributed by atoms with E-state index in [1.807, 2.05) is 71.5 Å². The summed E-state index contributed by atoms with van der Waals surface area (Å²) < 4.78 is 11.1. The van der Waals surface area contributed by atoms with Crippen molar-refractivity contribution < 1.29 is 67.6 Å². The highest BCUT2D eigenvalue weighted by atomic mass is 79.9. The molecule has 9 aliphatic rings. The summed E-state index contributed by atoms with van der Waals surface area (Å²) >= 11 is 6.81. The van der Waals surface area contributed by atoms with Crippen molar-refractivity contribution in [2.75, 3.05) is 125 Å². The van der Waals surface area contributed by atoms with Crippen LogP contribution in [0.25, 0.3) is 0 Å². The molecule has 9 aliphatic heterocycles. The number of nitrogens with zero attached hydrogens (tertiary/aromatic N) is 13. The summed E-state index contributed by atoms with van der Waals surface area (Å²) in [4.78, 5) is 171. The summed E-state index contributed by atoms with van der Waals surface area (Å²) in [5, 5.41) is 31.7. The van der Waals surface area contributed by atoms with Crippen LogP contribution in [0.1, 0.15) is 116 Å². The maximum absolute atomic E-state index is 14.7. The third-order valence-electron chi connectivity index (χ3n) is 24.4. The van der Waals surface area contributed by atoms with Crippen molar-refractivity contribution in [2.24, 2.45) is 28.7 Å². The Bertz CT molecular complexity index is 4650. The monoisotopic (exact) mass is 1750 g/mol. The van der Waals surface area contributed by atoms with Crippen molar-refractivity contribution in [1.82, 2.24) is 66.5 Å². The summed E-state index contributed by atoms with van der Waals surface area (Å²) in [5.41, 5.74) is 8.41. The minimum atomic E-state index is -1.67. The quantitative estimate of drug-likeness (QED) is 0.0262. The normalized spacial score (nSPS) is 19.0. The van der Waals surface area contributed by atoms with Crippen molar-refractivity contribution in [3.05, 3.63) is 158 Å². The lowest BCUT2D eigenvalue weighted by molar-refractivity contribution is -0.141. The Morgan fingerprint density at radius 1 is 0.619 bits per heavy atom. The maximum Gasteiger partial charge on any atom is 0.514 e. The Balaban J connectivity index is 0.000000204. The molecule has 9 amide bonds. The van der Waals surface area contributed by atoms with Crippen LogP contribution in [-0.4, -0.2) is 243 Å². The highest BCUT2D eigenvalue weighted by molar-refractivity contribution is 9.11. The second-order valence-electron chi connectivity index (χ2n) is 31.8. The van der Waals surface area contributed by atoms with Crippen LogP contribution in [0.15, 0.2) is 124 Å². The van der Waals surface area contributed by atoms with Gasteiger partial charge in [-0.25, -0.2) is 19.4 Å². The van der Waals surface area contributed by atoms with E-state index in [1.54, 1.807) is 70.1 Å². The second-order valence-corrected chi connectivity index (χ2v) is 33.5. The lowest BCUT2D eigenvalue weighted by Gasteiger charge is -2.43.